The number of hydrogen-bond donors (Lipinski definition) is 1. The quantitative estimate of drug-likeness (QED) is 0.825. The molecule has 18 heavy (non-hydrogen) atoms. The fourth-order valence-corrected chi connectivity index (χ4v) is 1.65. The van der Waals surface area contributed by atoms with E-state index in [1.807, 2.05) is 19.1 Å². The fourth-order valence-electron chi connectivity index (χ4n) is 1.65. The molecule has 0 saturated heterocycles. The molecule has 6 heteroatoms. The Morgan fingerprint density at radius 3 is 3.11 bits per heavy atom. The zero-order valence-corrected chi connectivity index (χ0v) is 10.1. The summed E-state index contributed by atoms with van der Waals surface area (Å²) in [6.45, 7) is 2.74. The van der Waals surface area contributed by atoms with Crippen molar-refractivity contribution in [1.29, 1.82) is 0 Å². The standard InChI is InChI=1S/C12H15N3O3/c1-8-4-9(2-3-14-8)6-17-7-10-5-11(12(13)16)18-15-10/h2-4,11H,5-7H2,1H3,(H2,13,16). The van der Waals surface area contributed by atoms with Gasteiger partial charge in [0, 0.05) is 18.3 Å². The summed E-state index contributed by atoms with van der Waals surface area (Å²) in [7, 11) is 0. The number of nitrogens with zero attached hydrogens (tertiary/aromatic N) is 2. The topological polar surface area (TPSA) is 86.8 Å². The van der Waals surface area contributed by atoms with Crippen LogP contribution in [0.2, 0.25) is 0 Å². The van der Waals surface area contributed by atoms with E-state index in [0.29, 0.717) is 25.3 Å². The normalized spacial score (nSPS) is 18.3. The predicted molar refractivity (Wildman–Crippen MR) is 64.7 cm³/mol. The van der Waals surface area contributed by atoms with E-state index in [1.54, 1.807) is 6.20 Å². The Balaban J connectivity index is 1.75. The molecule has 0 fully saturated rings. The minimum Gasteiger partial charge on any atom is -0.382 e. The zero-order chi connectivity index (χ0) is 13.0. The number of rotatable bonds is 5. The molecule has 1 unspecified atom stereocenters. The molecule has 0 saturated carbocycles. The van der Waals surface area contributed by atoms with Crippen LogP contribution in [0.4, 0.5) is 0 Å². The van der Waals surface area contributed by atoms with Gasteiger partial charge in [0.25, 0.3) is 5.91 Å². The Morgan fingerprint density at radius 1 is 1.61 bits per heavy atom. The first-order valence-electron chi connectivity index (χ1n) is 5.65. The molecule has 2 rings (SSSR count). The number of hydrogen-bond acceptors (Lipinski definition) is 5. The Hall–Kier alpha value is -1.95. The van der Waals surface area contributed by atoms with Crippen molar-refractivity contribution in [3.05, 3.63) is 29.6 Å². The van der Waals surface area contributed by atoms with Crippen molar-refractivity contribution in [2.75, 3.05) is 6.61 Å². The molecule has 0 bridgehead atoms. The van der Waals surface area contributed by atoms with E-state index in [0.717, 1.165) is 11.3 Å². The van der Waals surface area contributed by atoms with Crippen molar-refractivity contribution >= 4 is 11.6 Å². The molecule has 1 aromatic heterocycles. The summed E-state index contributed by atoms with van der Waals surface area (Å²) in [4.78, 5) is 19.8. The average molecular weight is 249 g/mol. The van der Waals surface area contributed by atoms with Gasteiger partial charge in [-0.2, -0.15) is 0 Å². The second-order valence-electron chi connectivity index (χ2n) is 4.16. The van der Waals surface area contributed by atoms with Crippen LogP contribution in [-0.4, -0.2) is 29.3 Å². The number of oxime groups is 1. The molecular formula is C12H15N3O3. The van der Waals surface area contributed by atoms with Crippen LogP contribution in [0.1, 0.15) is 17.7 Å². The molecule has 0 radical (unpaired) electrons. The van der Waals surface area contributed by atoms with Crippen LogP contribution < -0.4 is 5.73 Å². The minimum atomic E-state index is -0.647. The number of nitrogens with two attached hydrogens (primary N) is 1. The molecule has 1 amide bonds. The predicted octanol–water partition coefficient (Wildman–Crippen LogP) is 0.537. The number of ether oxygens (including phenoxy) is 1. The maximum absolute atomic E-state index is 10.9. The van der Waals surface area contributed by atoms with Gasteiger partial charge in [-0.15, -0.1) is 0 Å². The smallest absolute Gasteiger partial charge is 0.261 e. The lowest BCUT2D eigenvalue weighted by molar-refractivity contribution is -0.127. The molecule has 0 aliphatic carbocycles. The molecule has 2 heterocycles. The van der Waals surface area contributed by atoms with Gasteiger partial charge in [-0.1, -0.05) is 5.16 Å². The van der Waals surface area contributed by atoms with Crippen LogP contribution in [-0.2, 0) is 21.0 Å². The monoisotopic (exact) mass is 249 g/mol. The third-order valence-electron chi connectivity index (χ3n) is 2.55. The molecule has 1 atom stereocenters. The SMILES string of the molecule is Cc1cc(COCC2=NOC(C(N)=O)C2)ccn1. The molecule has 0 aromatic carbocycles. The lowest BCUT2D eigenvalue weighted by atomic mass is 10.2. The zero-order valence-electron chi connectivity index (χ0n) is 10.1. The summed E-state index contributed by atoms with van der Waals surface area (Å²) >= 11 is 0. The van der Waals surface area contributed by atoms with Crippen LogP contribution in [0.25, 0.3) is 0 Å². The molecular weight excluding hydrogens is 234 g/mol. The van der Waals surface area contributed by atoms with Gasteiger partial charge in [-0.3, -0.25) is 9.78 Å². The number of aromatic nitrogens is 1. The Morgan fingerprint density at radius 2 is 2.44 bits per heavy atom. The average Bonchev–Trinajstić information content (AvgIpc) is 2.78. The minimum absolute atomic E-state index is 0.338. The summed E-state index contributed by atoms with van der Waals surface area (Å²) in [5.74, 6) is -0.501. The van der Waals surface area contributed by atoms with Crippen LogP contribution in [0, 0.1) is 6.92 Å². The number of carbonyl (C=O) groups is 1. The number of amides is 1. The Bertz CT molecular complexity index is 473. The maximum Gasteiger partial charge on any atom is 0.261 e. The van der Waals surface area contributed by atoms with E-state index in [4.69, 9.17) is 15.3 Å². The third-order valence-corrected chi connectivity index (χ3v) is 2.55. The van der Waals surface area contributed by atoms with E-state index < -0.39 is 12.0 Å². The first-order chi connectivity index (χ1) is 8.65. The number of aryl methyl sites for hydroxylation is 1. The van der Waals surface area contributed by atoms with Crippen LogP contribution in [0.15, 0.2) is 23.5 Å². The van der Waals surface area contributed by atoms with Crippen molar-refractivity contribution in [3.8, 4) is 0 Å². The highest BCUT2D eigenvalue weighted by molar-refractivity contribution is 5.92. The molecule has 1 aliphatic rings. The Kier molecular flexibility index (Phi) is 3.88. The largest absolute Gasteiger partial charge is 0.382 e. The highest BCUT2D eigenvalue weighted by Gasteiger charge is 2.25. The molecule has 2 N–H and O–H groups in total. The van der Waals surface area contributed by atoms with Crippen LogP contribution >= 0.6 is 0 Å². The molecule has 6 nitrogen and oxygen atoms in total. The number of carbonyl (C=O) groups excluding carboxylic acids is 1. The summed E-state index contributed by atoms with van der Waals surface area (Å²) in [6, 6.07) is 3.85. The van der Waals surface area contributed by atoms with Crippen molar-refractivity contribution in [2.45, 2.75) is 26.1 Å². The fraction of sp³-hybridized carbons (Fsp3) is 0.417. The van der Waals surface area contributed by atoms with Gasteiger partial charge in [-0.05, 0) is 24.6 Å². The number of primary amides is 1. The molecule has 0 spiro atoms. The highest BCUT2D eigenvalue weighted by Crippen LogP contribution is 2.11. The number of pyridine rings is 1. The van der Waals surface area contributed by atoms with Crippen molar-refractivity contribution in [3.63, 3.8) is 0 Å². The second-order valence-corrected chi connectivity index (χ2v) is 4.16. The molecule has 1 aliphatic heterocycles. The van der Waals surface area contributed by atoms with Crippen LogP contribution in [0.5, 0.6) is 0 Å². The first kappa shape index (κ1) is 12.5. The van der Waals surface area contributed by atoms with E-state index in [9.17, 15) is 4.79 Å². The van der Waals surface area contributed by atoms with Crippen LogP contribution in [0.3, 0.4) is 0 Å². The van der Waals surface area contributed by atoms with E-state index in [2.05, 4.69) is 10.1 Å². The Labute approximate surface area is 105 Å². The van der Waals surface area contributed by atoms with Crippen molar-refractivity contribution in [2.24, 2.45) is 10.9 Å². The van der Waals surface area contributed by atoms with Gasteiger partial charge in [0.2, 0.25) is 6.10 Å². The van der Waals surface area contributed by atoms with Gasteiger partial charge in [0.05, 0.1) is 18.9 Å². The lowest BCUT2D eigenvalue weighted by Crippen LogP contribution is -2.28. The van der Waals surface area contributed by atoms with E-state index in [-0.39, 0.29) is 0 Å². The molecule has 96 valence electrons. The van der Waals surface area contributed by atoms with Crippen molar-refractivity contribution in [1.82, 2.24) is 4.98 Å². The van der Waals surface area contributed by atoms with E-state index in [1.165, 1.54) is 0 Å². The summed E-state index contributed by atoms with van der Waals surface area (Å²) in [5.41, 5.74) is 7.81. The van der Waals surface area contributed by atoms with Crippen molar-refractivity contribution < 1.29 is 14.4 Å². The third kappa shape index (κ3) is 3.27. The summed E-state index contributed by atoms with van der Waals surface area (Å²) in [5, 5.41) is 3.77. The summed E-state index contributed by atoms with van der Waals surface area (Å²) < 4.78 is 5.50. The van der Waals surface area contributed by atoms with Gasteiger partial charge >= 0.3 is 0 Å². The first-order valence-corrected chi connectivity index (χ1v) is 5.65. The van der Waals surface area contributed by atoms with Gasteiger partial charge in [-0.25, -0.2) is 0 Å². The van der Waals surface area contributed by atoms with Gasteiger partial charge in [0.15, 0.2) is 0 Å². The second kappa shape index (κ2) is 5.59. The van der Waals surface area contributed by atoms with E-state index >= 15 is 0 Å². The highest BCUT2D eigenvalue weighted by atomic mass is 16.6. The van der Waals surface area contributed by atoms with Gasteiger partial charge in [0.1, 0.15) is 0 Å². The lowest BCUT2D eigenvalue weighted by Gasteiger charge is -2.04. The van der Waals surface area contributed by atoms with Gasteiger partial charge < -0.3 is 15.3 Å². The maximum atomic E-state index is 10.9. The summed E-state index contributed by atoms with van der Waals surface area (Å²) in [6.07, 6.45) is 1.50. The molecule has 1 aromatic rings.